The molecule has 1 heterocycles. The van der Waals surface area contributed by atoms with Crippen molar-refractivity contribution in [1.82, 2.24) is 9.78 Å². The number of hydrogen-bond donors (Lipinski definition) is 1. The van der Waals surface area contributed by atoms with Crippen molar-refractivity contribution in [2.45, 2.75) is 6.92 Å². The zero-order chi connectivity index (χ0) is 14.1. The summed E-state index contributed by atoms with van der Waals surface area (Å²) < 4.78 is 2.35. The lowest BCUT2D eigenvalue weighted by atomic mass is 10.1. The molecule has 0 radical (unpaired) electrons. The van der Waals surface area contributed by atoms with Crippen LogP contribution >= 0.6 is 15.9 Å². The fourth-order valence-corrected chi connectivity index (χ4v) is 2.33. The number of aryl methyl sites for hydroxylation is 1. The molecule has 1 amide bonds. The van der Waals surface area contributed by atoms with Crippen LogP contribution in [0, 0.1) is 6.92 Å². The average molecular weight is 330 g/mol. The predicted molar refractivity (Wildman–Crippen MR) is 83.0 cm³/mol. The zero-order valence-electron chi connectivity index (χ0n) is 10.8. The Balaban J connectivity index is 1.93. The van der Waals surface area contributed by atoms with Crippen molar-refractivity contribution < 1.29 is 4.79 Å². The lowest BCUT2D eigenvalue weighted by molar-refractivity contribution is 0.252. The summed E-state index contributed by atoms with van der Waals surface area (Å²) in [6, 6.07) is 13.0. The van der Waals surface area contributed by atoms with E-state index >= 15 is 0 Å². The van der Waals surface area contributed by atoms with Gasteiger partial charge in [0.2, 0.25) is 0 Å². The molecule has 0 spiro atoms. The summed E-state index contributed by atoms with van der Waals surface area (Å²) in [6.45, 7) is 2.00. The Morgan fingerprint density at radius 3 is 2.70 bits per heavy atom. The Bertz CT molecular complexity index is 777. The van der Waals surface area contributed by atoms with Gasteiger partial charge in [-0.2, -0.15) is 9.78 Å². The molecule has 0 atom stereocenters. The first kappa shape index (κ1) is 12.9. The molecular formula is C15H12BrN3O. The Hall–Kier alpha value is -2.14. The van der Waals surface area contributed by atoms with E-state index in [-0.39, 0.29) is 6.03 Å². The van der Waals surface area contributed by atoms with E-state index in [2.05, 4.69) is 26.3 Å². The molecule has 3 rings (SSSR count). The number of hydrogen-bond acceptors (Lipinski definition) is 2. The summed E-state index contributed by atoms with van der Waals surface area (Å²) in [5.41, 5.74) is 2.64. The molecule has 0 saturated carbocycles. The van der Waals surface area contributed by atoms with E-state index in [9.17, 15) is 4.79 Å². The van der Waals surface area contributed by atoms with Gasteiger partial charge in [-0.25, -0.2) is 4.79 Å². The number of anilines is 1. The molecule has 0 aliphatic heterocycles. The summed E-state index contributed by atoms with van der Waals surface area (Å²) in [5.74, 6) is 0. The number of aromatic nitrogens is 2. The van der Waals surface area contributed by atoms with Gasteiger partial charge in [-0.3, -0.25) is 0 Å². The van der Waals surface area contributed by atoms with E-state index in [0.717, 1.165) is 26.6 Å². The SMILES string of the molecule is Cc1cccc2c1cnn2C(=O)Nc1ccc(Br)cc1. The van der Waals surface area contributed by atoms with Gasteiger partial charge < -0.3 is 5.32 Å². The second-order valence-electron chi connectivity index (χ2n) is 4.50. The van der Waals surface area contributed by atoms with Gasteiger partial charge in [-0.05, 0) is 42.8 Å². The van der Waals surface area contributed by atoms with E-state index in [1.54, 1.807) is 6.20 Å². The van der Waals surface area contributed by atoms with Crippen molar-refractivity contribution in [1.29, 1.82) is 0 Å². The second kappa shape index (κ2) is 5.09. The van der Waals surface area contributed by atoms with Crippen LogP contribution in [0.15, 0.2) is 53.1 Å². The normalized spacial score (nSPS) is 10.7. The molecule has 3 aromatic rings. The van der Waals surface area contributed by atoms with Crippen LogP contribution in [0.3, 0.4) is 0 Å². The zero-order valence-corrected chi connectivity index (χ0v) is 12.4. The van der Waals surface area contributed by atoms with Gasteiger partial charge in [0.15, 0.2) is 0 Å². The van der Waals surface area contributed by atoms with Crippen molar-refractivity contribution in [2.24, 2.45) is 0 Å². The minimum Gasteiger partial charge on any atom is -0.306 e. The molecule has 20 heavy (non-hydrogen) atoms. The fraction of sp³-hybridized carbons (Fsp3) is 0.0667. The van der Waals surface area contributed by atoms with Crippen LogP contribution in [-0.4, -0.2) is 15.8 Å². The summed E-state index contributed by atoms with van der Waals surface area (Å²) in [4.78, 5) is 12.3. The molecule has 4 nitrogen and oxygen atoms in total. The number of carbonyl (C=O) groups is 1. The number of fused-ring (bicyclic) bond motifs is 1. The average Bonchev–Trinajstić information content (AvgIpc) is 2.87. The van der Waals surface area contributed by atoms with E-state index in [0.29, 0.717) is 0 Å². The Kier molecular flexibility index (Phi) is 3.28. The number of carbonyl (C=O) groups excluding carboxylic acids is 1. The van der Waals surface area contributed by atoms with Gasteiger partial charge in [0, 0.05) is 15.5 Å². The molecule has 0 aliphatic rings. The van der Waals surface area contributed by atoms with E-state index in [1.165, 1.54) is 4.68 Å². The number of halogens is 1. The quantitative estimate of drug-likeness (QED) is 0.727. The van der Waals surface area contributed by atoms with Crippen molar-refractivity contribution in [3.05, 3.63) is 58.7 Å². The maximum Gasteiger partial charge on any atom is 0.347 e. The highest BCUT2D eigenvalue weighted by molar-refractivity contribution is 9.10. The monoisotopic (exact) mass is 329 g/mol. The first-order valence-corrected chi connectivity index (χ1v) is 6.95. The van der Waals surface area contributed by atoms with Gasteiger partial charge >= 0.3 is 6.03 Å². The highest BCUT2D eigenvalue weighted by Gasteiger charge is 2.11. The van der Waals surface area contributed by atoms with E-state index in [1.807, 2.05) is 49.4 Å². The summed E-state index contributed by atoms with van der Waals surface area (Å²) in [6.07, 6.45) is 1.71. The number of nitrogens with one attached hydrogen (secondary N) is 1. The van der Waals surface area contributed by atoms with Gasteiger partial charge in [-0.15, -0.1) is 0 Å². The van der Waals surface area contributed by atoms with Crippen LogP contribution in [-0.2, 0) is 0 Å². The molecule has 0 bridgehead atoms. The molecule has 5 heteroatoms. The number of rotatable bonds is 1. The topological polar surface area (TPSA) is 46.9 Å². The molecule has 0 fully saturated rings. The lowest BCUT2D eigenvalue weighted by Gasteiger charge is -2.06. The maximum atomic E-state index is 12.3. The third-order valence-electron chi connectivity index (χ3n) is 3.12. The Morgan fingerprint density at radius 1 is 1.20 bits per heavy atom. The Morgan fingerprint density at radius 2 is 1.95 bits per heavy atom. The first-order chi connectivity index (χ1) is 9.65. The summed E-state index contributed by atoms with van der Waals surface area (Å²) in [7, 11) is 0. The molecule has 0 aliphatic carbocycles. The smallest absolute Gasteiger partial charge is 0.306 e. The first-order valence-electron chi connectivity index (χ1n) is 6.15. The lowest BCUT2D eigenvalue weighted by Crippen LogP contribution is -2.20. The largest absolute Gasteiger partial charge is 0.347 e. The fourth-order valence-electron chi connectivity index (χ4n) is 2.07. The van der Waals surface area contributed by atoms with Gasteiger partial charge in [0.25, 0.3) is 0 Å². The van der Waals surface area contributed by atoms with Crippen LogP contribution in [0.1, 0.15) is 5.56 Å². The van der Waals surface area contributed by atoms with E-state index in [4.69, 9.17) is 0 Å². The third kappa shape index (κ3) is 2.32. The number of nitrogens with zero attached hydrogens (tertiary/aromatic N) is 2. The maximum absolute atomic E-state index is 12.3. The van der Waals surface area contributed by atoms with Crippen LogP contribution < -0.4 is 5.32 Å². The molecule has 1 N–H and O–H groups in total. The molecule has 1 aromatic heterocycles. The number of benzene rings is 2. The second-order valence-corrected chi connectivity index (χ2v) is 5.42. The van der Waals surface area contributed by atoms with E-state index < -0.39 is 0 Å². The van der Waals surface area contributed by atoms with Gasteiger partial charge in [0.05, 0.1) is 11.7 Å². The Labute approximate surface area is 124 Å². The highest BCUT2D eigenvalue weighted by Crippen LogP contribution is 2.19. The minimum absolute atomic E-state index is 0.270. The van der Waals surface area contributed by atoms with Crippen LogP contribution in [0.4, 0.5) is 10.5 Å². The minimum atomic E-state index is -0.270. The molecule has 0 unspecified atom stereocenters. The van der Waals surface area contributed by atoms with Crippen molar-refractivity contribution in [2.75, 3.05) is 5.32 Å². The number of amides is 1. The van der Waals surface area contributed by atoms with Gasteiger partial charge in [-0.1, -0.05) is 28.1 Å². The van der Waals surface area contributed by atoms with Crippen molar-refractivity contribution in [3.8, 4) is 0 Å². The van der Waals surface area contributed by atoms with Crippen LogP contribution in [0.2, 0.25) is 0 Å². The predicted octanol–water partition coefficient (Wildman–Crippen LogP) is 4.19. The van der Waals surface area contributed by atoms with Crippen LogP contribution in [0.25, 0.3) is 10.9 Å². The summed E-state index contributed by atoms with van der Waals surface area (Å²) in [5, 5.41) is 7.97. The molecule has 0 saturated heterocycles. The third-order valence-corrected chi connectivity index (χ3v) is 3.65. The molecule has 100 valence electrons. The van der Waals surface area contributed by atoms with Crippen molar-refractivity contribution >= 4 is 38.6 Å². The van der Waals surface area contributed by atoms with Gasteiger partial charge in [0.1, 0.15) is 0 Å². The molecular weight excluding hydrogens is 318 g/mol. The standard InChI is InChI=1S/C15H12BrN3O/c1-10-3-2-4-14-13(10)9-17-19(14)15(20)18-12-7-5-11(16)6-8-12/h2-9H,1H3,(H,18,20). The molecule has 2 aromatic carbocycles. The van der Waals surface area contributed by atoms with Crippen LogP contribution in [0.5, 0.6) is 0 Å². The highest BCUT2D eigenvalue weighted by atomic mass is 79.9. The van der Waals surface area contributed by atoms with Crippen molar-refractivity contribution in [3.63, 3.8) is 0 Å². The summed E-state index contributed by atoms with van der Waals surface area (Å²) >= 11 is 3.36.